The van der Waals surface area contributed by atoms with Gasteiger partial charge in [-0.1, -0.05) is 30.3 Å². The molecule has 0 bridgehead atoms. The molecule has 0 aliphatic heterocycles. The molecule has 22 heavy (non-hydrogen) atoms. The maximum Gasteiger partial charge on any atom is 0.315 e. The van der Waals surface area contributed by atoms with E-state index in [-0.39, 0.29) is 19.2 Å². The van der Waals surface area contributed by atoms with Crippen molar-refractivity contribution in [1.29, 1.82) is 0 Å². The van der Waals surface area contributed by atoms with Crippen LogP contribution in [0.4, 0.5) is 4.79 Å². The Kier molecular flexibility index (Phi) is 5.80. The van der Waals surface area contributed by atoms with Gasteiger partial charge in [-0.15, -0.1) is 0 Å². The second-order valence-electron chi connectivity index (χ2n) is 4.86. The van der Waals surface area contributed by atoms with E-state index < -0.39 is 0 Å². The van der Waals surface area contributed by atoms with E-state index >= 15 is 0 Å². The summed E-state index contributed by atoms with van der Waals surface area (Å²) in [6.45, 7) is 2.48. The minimum atomic E-state index is -0.319. The van der Waals surface area contributed by atoms with E-state index in [2.05, 4.69) is 10.6 Å². The number of hydrogen-bond donors (Lipinski definition) is 3. The number of ether oxygens (including phenoxy) is 1. The van der Waals surface area contributed by atoms with Gasteiger partial charge in [0.05, 0.1) is 6.61 Å². The monoisotopic (exact) mass is 300 g/mol. The first-order valence-corrected chi connectivity index (χ1v) is 7.14. The summed E-state index contributed by atoms with van der Waals surface area (Å²) in [6, 6.07) is 15.0. The van der Waals surface area contributed by atoms with E-state index in [1.165, 1.54) is 0 Å². The first-order valence-electron chi connectivity index (χ1n) is 7.14. The summed E-state index contributed by atoms with van der Waals surface area (Å²) in [6.07, 6.45) is 0. The number of benzene rings is 2. The number of para-hydroxylation sites is 1. The topological polar surface area (TPSA) is 70.6 Å². The number of amides is 2. The van der Waals surface area contributed by atoms with Crippen molar-refractivity contribution in [3.05, 3.63) is 59.7 Å². The first kappa shape index (κ1) is 15.9. The zero-order chi connectivity index (χ0) is 15.8. The number of urea groups is 1. The van der Waals surface area contributed by atoms with Gasteiger partial charge in [0.25, 0.3) is 0 Å². The number of rotatable bonds is 6. The average molecular weight is 300 g/mol. The predicted molar refractivity (Wildman–Crippen MR) is 85.0 cm³/mol. The highest BCUT2D eigenvalue weighted by molar-refractivity contribution is 5.73. The van der Waals surface area contributed by atoms with Gasteiger partial charge in [0.15, 0.2) is 0 Å². The molecule has 0 saturated carbocycles. The Morgan fingerprint density at radius 1 is 1.14 bits per heavy atom. The molecule has 0 fully saturated rings. The summed E-state index contributed by atoms with van der Waals surface area (Å²) in [4.78, 5) is 11.5. The van der Waals surface area contributed by atoms with Gasteiger partial charge in [0.1, 0.15) is 11.5 Å². The summed E-state index contributed by atoms with van der Waals surface area (Å²) in [5, 5.41) is 14.0. The zero-order valence-corrected chi connectivity index (χ0v) is 12.5. The Hall–Kier alpha value is -2.53. The van der Waals surface area contributed by atoms with E-state index in [1.807, 2.05) is 55.5 Å². The molecule has 0 aliphatic carbocycles. The van der Waals surface area contributed by atoms with E-state index in [0.717, 1.165) is 16.9 Å². The third-order valence-electron chi connectivity index (χ3n) is 3.03. The Bertz CT molecular complexity index is 615. The van der Waals surface area contributed by atoms with Crippen LogP contribution in [-0.2, 0) is 6.54 Å². The summed E-state index contributed by atoms with van der Waals surface area (Å²) >= 11 is 0. The van der Waals surface area contributed by atoms with E-state index in [0.29, 0.717) is 12.3 Å². The number of nitrogens with one attached hydrogen (secondary N) is 2. The van der Waals surface area contributed by atoms with Crippen molar-refractivity contribution in [2.75, 3.05) is 13.2 Å². The van der Waals surface area contributed by atoms with Crippen molar-refractivity contribution < 1.29 is 14.6 Å². The van der Waals surface area contributed by atoms with Gasteiger partial charge in [-0.3, -0.25) is 0 Å². The van der Waals surface area contributed by atoms with Gasteiger partial charge < -0.3 is 20.5 Å². The lowest BCUT2D eigenvalue weighted by atomic mass is 10.1. The Balaban J connectivity index is 2.06. The number of aliphatic hydroxyl groups excluding tert-OH is 1. The number of carbonyl (C=O) groups is 1. The van der Waals surface area contributed by atoms with Gasteiger partial charge in [0, 0.05) is 18.7 Å². The molecule has 2 aromatic rings. The molecule has 5 heteroatoms. The summed E-state index contributed by atoms with van der Waals surface area (Å²) in [5.74, 6) is 1.47. The third-order valence-corrected chi connectivity index (χ3v) is 3.03. The van der Waals surface area contributed by atoms with Gasteiger partial charge >= 0.3 is 6.03 Å². The summed E-state index contributed by atoms with van der Waals surface area (Å²) in [5.41, 5.74) is 1.97. The second-order valence-corrected chi connectivity index (χ2v) is 4.86. The quantitative estimate of drug-likeness (QED) is 0.768. The predicted octanol–water partition coefficient (Wildman–Crippen LogP) is 2.58. The largest absolute Gasteiger partial charge is 0.457 e. The molecule has 2 rings (SSSR count). The van der Waals surface area contributed by atoms with E-state index in [9.17, 15) is 4.79 Å². The fourth-order valence-corrected chi connectivity index (χ4v) is 1.93. The third kappa shape index (κ3) is 4.79. The van der Waals surface area contributed by atoms with Crippen LogP contribution in [0.3, 0.4) is 0 Å². The Labute approximate surface area is 129 Å². The highest BCUT2D eigenvalue weighted by atomic mass is 16.5. The van der Waals surface area contributed by atoms with Crippen molar-refractivity contribution >= 4 is 6.03 Å². The SMILES string of the molecule is Cc1ccc(CNC(=O)NCCO)c(Oc2ccccc2)c1. The van der Waals surface area contributed by atoms with Crippen LogP contribution in [0.2, 0.25) is 0 Å². The van der Waals surface area contributed by atoms with Gasteiger partial charge in [0.2, 0.25) is 0 Å². The van der Waals surface area contributed by atoms with Crippen LogP contribution in [0.25, 0.3) is 0 Å². The van der Waals surface area contributed by atoms with Crippen LogP contribution in [0.1, 0.15) is 11.1 Å². The summed E-state index contributed by atoms with van der Waals surface area (Å²) in [7, 11) is 0. The van der Waals surface area contributed by atoms with Crippen molar-refractivity contribution in [2.24, 2.45) is 0 Å². The minimum absolute atomic E-state index is 0.0830. The van der Waals surface area contributed by atoms with Crippen LogP contribution in [0.5, 0.6) is 11.5 Å². The van der Waals surface area contributed by atoms with Crippen molar-refractivity contribution in [3.63, 3.8) is 0 Å². The molecule has 0 aliphatic rings. The lowest BCUT2D eigenvalue weighted by Gasteiger charge is -2.13. The molecule has 2 amide bonds. The molecule has 116 valence electrons. The summed E-state index contributed by atoms with van der Waals surface area (Å²) < 4.78 is 5.89. The van der Waals surface area contributed by atoms with Gasteiger partial charge in [-0.05, 0) is 30.7 Å². The van der Waals surface area contributed by atoms with Crippen LogP contribution >= 0.6 is 0 Å². The number of hydrogen-bond acceptors (Lipinski definition) is 3. The minimum Gasteiger partial charge on any atom is -0.457 e. The smallest absolute Gasteiger partial charge is 0.315 e. The fourth-order valence-electron chi connectivity index (χ4n) is 1.93. The molecule has 0 radical (unpaired) electrons. The lowest BCUT2D eigenvalue weighted by molar-refractivity contribution is 0.234. The van der Waals surface area contributed by atoms with Crippen LogP contribution in [-0.4, -0.2) is 24.3 Å². The van der Waals surface area contributed by atoms with E-state index in [1.54, 1.807) is 0 Å². The highest BCUT2D eigenvalue weighted by Gasteiger charge is 2.07. The van der Waals surface area contributed by atoms with Crippen molar-refractivity contribution in [2.45, 2.75) is 13.5 Å². The number of aryl methyl sites for hydroxylation is 1. The fraction of sp³-hybridized carbons (Fsp3) is 0.235. The van der Waals surface area contributed by atoms with Crippen LogP contribution in [0, 0.1) is 6.92 Å². The van der Waals surface area contributed by atoms with Gasteiger partial charge in [-0.25, -0.2) is 4.79 Å². The van der Waals surface area contributed by atoms with Gasteiger partial charge in [-0.2, -0.15) is 0 Å². The molecule has 2 aromatic carbocycles. The second kappa shape index (κ2) is 8.05. The van der Waals surface area contributed by atoms with Crippen molar-refractivity contribution in [3.8, 4) is 11.5 Å². The normalized spacial score (nSPS) is 10.1. The molecule has 0 heterocycles. The Morgan fingerprint density at radius 2 is 1.91 bits per heavy atom. The molecule has 0 spiro atoms. The average Bonchev–Trinajstić information content (AvgIpc) is 2.53. The van der Waals surface area contributed by atoms with E-state index in [4.69, 9.17) is 9.84 Å². The molecular weight excluding hydrogens is 280 g/mol. The molecular formula is C17H20N2O3. The molecule has 0 atom stereocenters. The molecule has 0 aromatic heterocycles. The molecule has 0 saturated heterocycles. The molecule has 3 N–H and O–H groups in total. The van der Waals surface area contributed by atoms with Crippen LogP contribution in [0.15, 0.2) is 48.5 Å². The lowest BCUT2D eigenvalue weighted by Crippen LogP contribution is -2.36. The zero-order valence-electron chi connectivity index (χ0n) is 12.5. The van der Waals surface area contributed by atoms with Crippen LogP contribution < -0.4 is 15.4 Å². The number of carbonyl (C=O) groups excluding carboxylic acids is 1. The highest BCUT2D eigenvalue weighted by Crippen LogP contribution is 2.26. The standard InChI is InChI=1S/C17H20N2O3/c1-13-7-8-14(12-19-17(21)18-9-10-20)16(11-13)22-15-5-3-2-4-6-15/h2-8,11,20H,9-10,12H2,1H3,(H2,18,19,21). The molecule has 0 unspecified atom stereocenters. The maximum absolute atomic E-state index is 11.5. The number of aliphatic hydroxyl groups is 1. The molecule has 5 nitrogen and oxygen atoms in total. The van der Waals surface area contributed by atoms with Crippen molar-refractivity contribution in [1.82, 2.24) is 10.6 Å². The Morgan fingerprint density at radius 3 is 2.64 bits per heavy atom. The maximum atomic E-state index is 11.5. The first-order chi connectivity index (χ1) is 10.7.